The molecule has 4 heteroatoms. The number of hydrogen-bond donors (Lipinski definition) is 0. The van der Waals surface area contributed by atoms with Crippen molar-refractivity contribution in [2.75, 3.05) is 0 Å². The number of carbonyl (C=O) groups excluding carboxylic acids is 2. The van der Waals surface area contributed by atoms with Crippen molar-refractivity contribution in [3.8, 4) is 0 Å². The molecule has 0 aliphatic carbocycles. The first-order chi connectivity index (χ1) is 6.41. The fourth-order valence-corrected chi connectivity index (χ4v) is 1.73. The predicted octanol–water partition coefficient (Wildman–Crippen LogP) is 1.03. The summed E-state index contributed by atoms with van der Waals surface area (Å²) in [5.41, 5.74) is 0.167. The van der Waals surface area contributed by atoms with Crippen molar-refractivity contribution in [2.24, 2.45) is 5.41 Å². The van der Waals surface area contributed by atoms with E-state index in [-0.39, 0.29) is 17.3 Å². The van der Waals surface area contributed by atoms with Gasteiger partial charge in [-0.2, -0.15) is 0 Å². The zero-order chi connectivity index (χ0) is 10.5. The molecule has 0 aromatic heterocycles. The molecule has 0 N–H and O–H groups in total. The quantitative estimate of drug-likeness (QED) is 0.542. The Kier molecular flexibility index (Phi) is 1.71. The molecule has 2 heterocycles. The van der Waals surface area contributed by atoms with E-state index in [0.29, 0.717) is 12.1 Å². The molecule has 2 aliphatic heterocycles. The molecule has 76 valence electrons. The lowest BCUT2D eigenvalue weighted by atomic mass is 9.93. The van der Waals surface area contributed by atoms with Gasteiger partial charge in [-0.15, -0.1) is 0 Å². The Balaban J connectivity index is 2.36. The maximum Gasteiger partial charge on any atom is 0.356 e. The number of esters is 1. The Hall–Kier alpha value is -1.32. The van der Waals surface area contributed by atoms with E-state index < -0.39 is 6.23 Å². The highest BCUT2D eigenvalue weighted by Gasteiger charge is 2.48. The Bertz CT molecular complexity index is 338. The fraction of sp³-hybridized carbons (Fsp3) is 0.600. The van der Waals surface area contributed by atoms with Gasteiger partial charge in [-0.25, -0.2) is 4.79 Å². The molecule has 0 aromatic rings. The van der Waals surface area contributed by atoms with Gasteiger partial charge in [0.25, 0.3) is 0 Å². The summed E-state index contributed by atoms with van der Waals surface area (Å²) >= 11 is 0. The molecule has 0 spiro atoms. The average molecular weight is 195 g/mol. The molecule has 1 fully saturated rings. The Morgan fingerprint density at radius 3 is 2.64 bits per heavy atom. The molecule has 0 saturated carbocycles. The van der Waals surface area contributed by atoms with Crippen LogP contribution in [0.2, 0.25) is 0 Å². The molecule has 0 aromatic carbocycles. The number of ether oxygens (including phenoxy) is 1. The van der Waals surface area contributed by atoms with Gasteiger partial charge in [0.2, 0.25) is 5.91 Å². The Morgan fingerprint density at radius 2 is 2.07 bits per heavy atom. The van der Waals surface area contributed by atoms with Gasteiger partial charge in [0, 0.05) is 11.8 Å². The molecular formula is C10H13NO3. The summed E-state index contributed by atoms with van der Waals surface area (Å²) in [5.74, 6) is -0.429. The normalized spacial score (nSPS) is 26.4. The van der Waals surface area contributed by atoms with E-state index in [0.717, 1.165) is 0 Å². The van der Waals surface area contributed by atoms with E-state index in [4.69, 9.17) is 4.74 Å². The van der Waals surface area contributed by atoms with Crippen molar-refractivity contribution in [1.82, 2.24) is 4.90 Å². The summed E-state index contributed by atoms with van der Waals surface area (Å²) in [5, 5.41) is 0. The third-order valence-corrected chi connectivity index (χ3v) is 2.40. The van der Waals surface area contributed by atoms with Crippen molar-refractivity contribution in [3.63, 3.8) is 0 Å². The minimum atomic E-state index is -0.448. The molecular weight excluding hydrogens is 182 g/mol. The molecule has 2 aliphatic rings. The summed E-state index contributed by atoms with van der Waals surface area (Å²) in [6.07, 6.45) is 1.50. The van der Waals surface area contributed by atoms with Crippen LogP contribution in [0.4, 0.5) is 0 Å². The first kappa shape index (κ1) is 9.24. The SMILES string of the molecule is CC(C)(C)[C@H]1OC(=O)C2=CCC(=O)N21. The van der Waals surface area contributed by atoms with Gasteiger partial charge in [-0.1, -0.05) is 20.8 Å². The van der Waals surface area contributed by atoms with Crippen LogP contribution in [0.1, 0.15) is 27.2 Å². The van der Waals surface area contributed by atoms with Crippen LogP contribution in [0.3, 0.4) is 0 Å². The maximum atomic E-state index is 11.5. The van der Waals surface area contributed by atoms with E-state index in [9.17, 15) is 9.59 Å². The van der Waals surface area contributed by atoms with Crippen LogP contribution in [0, 0.1) is 5.41 Å². The second-order valence-corrected chi connectivity index (χ2v) is 4.68. The summed E-state index contributed by atoms with van der Waals surface area (Å²) < 4.78 is 5.16. The molecule has 1 amide bonds. The predicted molar refractivity (Wildman–Crippen MR) is 48.9 cm³/mol. The molecule has 0 radical (unpaired) electrons. The molecule has 0 bridgehead atoms. The standard InChI is InChI=1S/C10H13NO3/c1-10(2,3)9-11-6(8(13)14-9)4-5-7(11)12/h4,9H,5H2,1-3H3/t9-/m1/s1. The van der Waals surface area contributed by atoms with Gasteiger partial charge >= 0.3 is 5.97 Å². The van der Waals surface area contributed by atoms with Crippen molar-refractivity contribution in [3.05, 3.63) is 11.8 Å². The lowest BCUT2D eigenvalue weighted by molar-refractivity contribution is -0.151. The van der Waals surface area contributed by atoms with E-state index in [1.54, 1.807) is 6.08 Å². The van der Waals surface area contributed by atoms with E-state index >= 15 is 0 Å². The van der Waals surface area contributed by atoms with E-state index in [1.807, 2.05) is 20.8 Å². The number of fused-ring (bicyclic) bond motifs is 1. The molecule has 4 nitrogen and oxygen atoms in total. The lowest BCUT2D eigenvalue weighted by Crippen LogP contribution is -2.41. The van der Waals surface area contributed by atoms with Crippen LogP contribution in [0.25, 0.3) is 0 Å². The van der Waals surface area contributed by atoms with Crippen LogP contribution < -0.4 is 0 Å². The van der Waals surface area contributed by atoms with Crippen LogP contribution in [-0.2, 0) is 14.3 Å². The second-order valence-electron chi connectivity index (χ2n) is 4.68. The largest absolute Gasteiger partial charge is 0.436 e. The lowest BCUT2D eigenvalue weighted by Gasteiger charge is -2.30. The monoisotopic (exact) mass is 195 g/mol. The minimum absolute atomic E-state index is 0.0502. The molecule has 2 rings (SSSR count). The van der Waals surface area contributed by atoms with Crippen molar-refractivity contribution < 1.29 is 14.3 Å². The highest BCUT2D eigenvalue weighted by molar-refractivity contribution is 6.00. The minimum Gasteiger partial charge on any atom is -0.436 e. The summed E-state index contributed by atoms with van der Waals surface area (Å²) in [7, 11) is 0. The number of nitrogens with zero attached hydrogens (tertiary/aromatic N) is 1. The number of carbonyl (C=O) groups is 2. The smallest absolute Gasteiger partial charge is 0.356 e. The zero-order valence-corrected chi connectivity index (χ0v) is 8.53. The van der Waals surface area contributed by atoms with Gasteiger partial charge in [0.15, 0.2) is 6.23 Å². The average Bonchev–Trinajstić information content (AvgIpc) is 2.54. The zero-order valence-electron chi connectivity index (χ0n) is 8.53. The molecule has 1 saturated heterocycles. The molecule has 1 atom stereocenters. The Labute approximate surface area is 82.5 Å². The van der Waals surface area contributed by atoms with Crippen LogP contribution in [0.15, 0.2) is 11.8 Å². The van der Waals surface area contributed by atoms with Crippen molar-refractivity contribution in [1.29, 1.82) is 0 Å². The van der Waals surface area contributed by atoms with Crippen molar-refractivity contribution >= 4 is 11.9 Å². The van der Waals surface area contributed by atoms with Gasteiger partial charge in [0.1, 0.15) is 5.70 Å². The summed E-state index contributed by atoms with van der Waals surface area (Å²) in [6, 6.07) is 0. The highest BCUT2D eigenvalue weighted by atomic mass is 16.6. The molecule has 0 unspecified atom stereocenters. The van der Waals surface area contributed by atoms with Crippen molar-refractivity contribution in [2.45, 2.75) is 33.4 Å². The van der Waals surface area contributed by atoms with Crippen LogP contribution in [-0.4, -0.2) is 23.0 Å². The summed E-state index contributed by atoms with van der Waals surface area (Å²) in [4.78, 5) is 24.3. The van der Waals surface area contributed by atoms with Gasteiger partial charge in [-0.05, 0) is 6.08 Å². The number of amides is 1. The number of hydrogen-bond acceptors (Lipinski definition) is 3. The van der Waals surface area contributed by atoms with Gasteiger partial charge in [0.05, 0.1) is 0 Å². The third kappa shape index (κ3) is 1.14. The van der Waals surface area contributed by atoms with E-state index in [2.05, 4.69) is 0 Å². The number of rotatable bonds is 0. The highest BCUT2D eigenvalue weighted by Crippen LogP contribution is 2.37. The van der Waals surface area contributed by atoms with Crippen LogP contribution in [0.5, 0.6) is 0 Å². The topological polar surface area (TPSA) is 46.6 Å². The third-order valence-electron chi connectivity index (χ3n) is 2.40. The Morgan fingerprint density at radius 1 is 1.43 bits per heavy atom. The summed E-state index contributed by atoms with van der Waals surface area (Å²) in [6.45, 7) is 5.83. The van der Waals surface area contributed by atoms with E-state index in [1.165, 1.54) is 4.90 Å². The number of cyclic esters (lactones) is 1. The first-order valence-corrected chi connectivity index (χ1v) is 4.64. The maximum absolute atomic E-state index is 11.5. The van der Waals surface area contributed by atoms with Crippen LogP contribution >= 0.6 is 0 Å². The fourth-order valence-electron chi connectivity index (χ4n) is 1.73. The van der Waals surface area contributed by atoms with Gasteiger partial charge in [-0.3, -0.25) is 9.69 Å². The first-order valence-electron chi connectivity index (χ1n) is 4.64. The second kappa shape index (κ2) is 2.59. The molecule has 14 heavy (non-hydrogen) atoms. The van der Waals surface area contributed by atoms with Gasteiger partial charge < -0.3 is 4.74 Å².